The van der Waals surface area contributed by atoms with Gasteiger partial charge in [0.05, 0.1) is 25.9 Å². The first-order valence-electron chi connectivity index (χ1n) is 5.73. The second kappa shape index (κ2) is 5.58. The summed E-state index contributed by atoms with van der Waals surface area (Å²) in [6, 6.07) is 5.51. The summed E-state index contributed by atoms with van der Waals surface area (Å²) in [5.74, 6) is 0.760. The number of rotatable bonds is 5. The van der Waals surface area contributed by atoms with E-state index in [9.17, 15) is 0 Å². The van der Waals surface area contributed by atoms with Crippen LogP contribution < -0.4 is 4.74 Å². The van der Waals surface area contributed by atoms with E-state index in [-0.39, 0.29) is 12.1 Å². The quantitative estimate of drug-likeness (QED) is 0.346. The highest BCUT2D eigenvalue weighted by Gasteiger charge is 2.32. The van der Waals surface area contributed by atoms with E-state index in [1.807, 2.05) is 18.2 Å². The van der Waals surface area contributed by atoms with Crippen LogP contribution >= 0.6 is 0 Å². The van der Waals surface area contributed by atoms with Crippen molar-refractivity contribution in [3.63, 3.8) is 0 Å². The maximum Gasteiger partial charge on any atom is 0.119 e. The number of benzene rings is 1. The molecule has 0 aliphatic heterocycles. The average Bonchev–Trinajstić information content (AvgIpc) is 2.74. The van der Waals surface area contributed by atoms with Crippen LogP contribution in [0.1, 0.15) is 17.2 Å². The Morgan fingerprint density at radius 1 is 1.61 bits per heavy atom. The Bertz CT molecular complexity index is 495. The first-order chi connectivity index (χ1) is 8.80. The molecule has 5 nitrogen and oxygen atoms in total. The second-order valence-electron chi connectivity index (χ2n) is 4.08. The van der Waals surface area contributed by atoms with Crippen molar-refractivity contribution in [3.05, 3.63) is 52.4 Å². The predicted octanol–water partition coefficient (Wildman–Crippen LogP) is 3.17. The molecule has 0 N–H and O–H groups in total. The van der Waals surface area contributed by atoms with Gasteiger partial charge in [0.1, 0.15) is 5.75 Å². The topological polar surface area (TPSA) is 67.2 Å². The van der Waals surface area contributed by atoms with E-state index >= 15 is 0 Å². The molecule has 2 atom stereocenters. The van der Waals surface area contributed by atoms with Gasteiger partial charge in [0.2, 0.25) is 0 Å². The van der Waals surface area contributed by atoms with Crippen molar-refractivity contribution in [1.29, 1.82) is 0 Å². The van der Waals surface area contributed by atoms with Crippen LogP contribution in [0.4, 0.5) is 0 Å². The third kappa shape index (κ3) is 2.32. The number of nitrogens with zero attached hydrogens (tertiary/aromatic N) is 3. The number of fused-ring (bicyclic) bond motifs is 1. The van der Waals surface area contributed by atoms with Crippen molar-refractivity contribution in [2.45, 2.75) is 18.6 Å². The van der Waals surface area contributed by atoms with E-state index < -0.39 is 0 Å². The molecule has 0 saturated carbocycles. The third-order valence-corrected chi connectivity index (χ3v) is 3.05. The van der Waals surface area contributed by atoms with Crippen LogP contribution in [-0.2, 0) is 11.2 Å². The number of hydrogen-bond acceptors (Lipinski definition) is 3. The van der Waals surface area contributed by atoms with Gasteiger partial charge >= 0.3 is 0 Å². The van der Waals surface area contributed by atoms with Gasteiger partial charge in [0.25, 0.3) is 0 Å². The zero-order chi connectivity index (χ0) is 13.0. The van der Waals surface area contributed by atoms with Crippen molar-refractivity contribution >= 4 is 0 Å². The van der Waals surface area contributed by atoms with Gasteiger partial charge in [0.15, 0.2) is 0 Å². The average molecular weight is 245 g/mol. The molecule has 1 aliphatic rings. The van der Waals surface area contributed by atoms with Crippen molar-refractivity contribution in [2.75, 3.05) is 13.7 Å². The normalized spacial score (nSPS) is 20.9. The van der Waals surface area contributed by atoms with E-state index in [0.717, 1.165) is 23.3 Å². The van der Waals surface area contributed by atoms with E-state index in [1.165, 1.54) is 0 Å². The molecule has 0 spiro atoms. The van der Waals surface area contributed by atoms with Crippen LogP contribution in [0.25, 0.3) is 10.4 Å². The molecule has 1 aliphatic carbocycles. The Kier molecular flexibility index (Phi) is 3.87. The van der Waals surface area contributed by atoms with Crippen LogP contribution in [-0.4, -0.2) is 19.8 Å². The van der Waals surface area contributed by atoms with Crippen LogP contribution in [0, 0.1) is 0 Å². The molecule has 0 bridgehead atoms. The second-order valence-corrected chi connectivity index (χ2v) is 4.08. The minimum absolute atomic E-state index is 0.124. The fourth-order valence-electron chi connectivity index (χ4n) is 2.22. The Labute approximate surface area is 106 Å². The fourth-order valence-corrected chi connectivity index (χ4v) is 2.22. The van der Waals surface area contributed by atoms with E-state index in [4.69, 9.17) is 15.0 Å². The van der Waals surface area contributed by atoms with Gasteiger partial charge in [-0.25, -0.2) is 0 Å². The van der Waals surface area contributed by atoms with Crippen LogP contribution in [0.5, 0.6) is 5.75 Å². The summed E-state index contributed by atoms with van der Waals surface area (Å²) in [4.78, 5) is 2.91. The van der Waals surface area contributed by atoms with Crippen LogP contribution in [0.2, 0.25) is 0 Å². The molecule has 0 aromatic heterocycles. The highest BCUT2D eigenvalue weighted by Crippen LogP contribution is 2.38. The van der Waals surface area contributed by atoms with Crippen molar-refractivity contribution < 1.29 is 9.47 Å². The van der Waals surface area contributed by atoms with Gasteiger partial charge in [-0.1, -0.05) is 17.3 Å². The lowest BCUT2D eigenvalue weighted by Gasteiger charge is -2.15. The summed E-state index contributed by atoms with van der Waals surface area (Å²) in [6.45, 7) is 4.07. The molecule has 5 heteroatoms. The molecule has 0 radical (unpaired) electrons. The zero-order valence-corrected chi connectivity index (χ0v) is 10.2. The maximum absolute atomic E-state index is 8.67. The molecular formula is C13H15N3O2. The fraction of sp³-hybridized carbons (Fsp3) is 0.385. The Morgan fingerprint density at radius 3 is 3.11 bits per heavy atom. The predicted molar refractivity (Wildman–Crippen MR) is 68.5 cm³/mol. The zero-order valence-electron chi connectivity index (χ0n) is 10.2. The van der Waals surface area contributed by atoms with Crippen LogP contribution in [0.15, 0.2) is 36.0 Å². The van der Waals surface area contributed by atoms with Gasteiger partial charge in [-0.05, 0) is 35.2 Å². The molecule has 1 aromatic rings. The maximum atomic E-state index is 8.67. The number of hydrogen-bond donors (Lipinski definition) is 0. The van der Waals surface area contributed by atoms with E-state index in [2.05, 4.69) is 16.6 Å². The van der Waals surface area contributed by atoms with Crippen molar-refractivity contribution in [2.24, 2.45) is 5.11 Å². The molecule has 0 saturated heterocycles. The lowest BCUT2D eigenvalue weighted by molar-refractivity contribution is 0.0639. The monoisotopic (exact) mass is 245 g/mol. The molecule has 0 fully saturated rings. The summed E-state index contributed by atoms with van der Waals surface area (Å²) in [5.41, 5.74) is 10.8. The Balaban J connectivity index is 2.31. The van der Waals surface area contributed by atoms with Gasteiger partial charge in [-0.15, -0.1) is 6.58 Å². The number of methoxy groups -OCH3 is 1. The molecule has 0 amide bonds. The summed E-state index contributed by atoms with van der Waals surface area (Å²) in [5, 5.41) is 3.84. The van der Waals surface area contributed by atoms with Gasteiger partial charge < -0.3 is 9.47 Å². The molecule has 1 aromatic carbocycles. The minimum atomic E-state index is -0.292. The number of ether oxygens (including phenoxy) is 2. The molecule has 18 heavy (non-hydrogen) atoms. The lowest BCUT2D eigenvalue weighted by Crippen LogP contribution is -2.17. The summed E-state index contributed by atoms with van der Waals surface area (Å²) in [7, 11) is 1.62. The first-order valence-corrected chi connectivity index (χ1v) is 5.73. The molecule has 2 rings (SSSR count). The summed E-state index contributed by atoms with van der Waals surface area (Å²) < 4.78 is 10.8. The molecule has 94 valence electrons. The van der Waals surface area contributed by atoms with Gasteiger partial charge in [0, 0.05) is 4.91 Å². The number of azide groups is 1. The van der Waals surface area contributed by atoms with E-state index in [1.54, 1.807) is 13.2 Å². The standard InChI is InChI=1S/C13H15N3O2/c1-3-6-18-12-7-9-4-5-10(17-2)8-11(9)13(12)15-16-14/h3-5,8,12-13H,1,6-7H2,2H3. The Hall–Kier alpha value is -1.97. The molecule has 2 unspecified atom stereocenters. The molecular weight excluding hydrogens is 230 g/mol. The van der Waals surface area contributed by atoms with Crippen molar-refractivity contribution in [3.8, 4) is 5.75 Å². The summed E-state index contributed by atoms with van der Waals surface area (Å²) in [6.07, 6.45) is 2.31. The van der Waals surface area contributed by atoms with E-state index in [0.29, 0.717) is 6.61 Å². The van der Waals surface area contributed by atoms with Crippen molar-refractivity contribution in [1.82, 2.24) is 0 Å². The largest absolute Gasteiger partial charge is 0.497 e. The van der Waals surface area contributed by atoms with Gasteiger partial charge in [-0.3, -0.25) is 0 Å². The minimum Gasteiger partial charge on any atom is -0.497 e. The summed E-state index contributed by atoms with van der Waals surface area (Å²) >= 11 is 0. The highest BCUT2D eigenvalue weighted by atomic mass is 16.5. The first kappa shape index (κ1) is 12.5. The third-order valence-electron chi connectivity index (χ3n) is 3.05. The lowest BCUT2D eigenvalue weighted by atomic mass is 10.1. The smallest absolute Gasteiger partial charge is 0.119 e. The Morgan fingerprint density at radius 2 is 2.44 bits per heavy atom. The van der Waals surface area contributed by atoms with Crippen LogP contribution in [0.3, 0.4) is 0 Å². The van der Waals surface area contributed by atoms with Gasteiger partial charge in [-0.2, -0.15) is 0 Å². The molecule has 0 heterocycles. The highest BCUT2D eigenvalue weighted by molar-refractivity contribution is 5.42. The SMILES string of the molecule is C=CCOC1Cc2ccc(OC)cc2C1N=[N+]=[N-].